The molecule has 0 aliphatic rings. The van der Waals surface area contributed by atoms with Crippen LogP contribution in [-0.2, 0) is 38.3 Å². The van der Waals surface area contributed by atoms with E-state index in [0.29, 0.717) is 27.7 Å². The fraction of sp³-hybridized carbons (Fsp3) is 0.500. The van der Waals surface area contributed by atoms with Crippen molar-refractivity contribution in [2.24, 2.45) is 11.3 Å². The average Bonchev–Trinajstić information content (AvgIpc) is 2.35. The van der Waals surface area contributed by atoms with Gasteiger partial charge in [0.2, 0.25) is 11.0 Å². The summed E-state index contributed by atoms with van der Waals surface area (Å²) in [6, 6.07) is 0. The van der Waals surface area contributed by atoms with Gasteiger partial charge in [-0.05, 0) is 20.8 Å². The van der Waals surface area contributed by atoms with Crippen LogP contribution in [0.3, 0.4) is 0 Å². The first-order chi connectivity index (χ1) is 11.2. The molecule has 0 saturated heterocycles. The van der Waals surface area contributed by atoms with E-state index >= 15 is 0 Å². The number of carboxylic acid groups (broad SMARTS) is 2. The second-order valence-corrected chi connectivity index (χ2v) is 5.20. The van der Waals surface area contributed by atoms with Crippen LogP contribution in [0.2, 0.25) is 0 Å². The molecule has 25 heavy (non-hydrogen) atoms. The van der Waals surface area contributed by atoms with Gasteiger partial charge < -0.3 is 20.1 Å². The lowest BCUT2D eigenvalue weighted by Crippen LogP contribution is -2.71. The van der Waals surface area contributed by atoms with Crippen LogP contribution in [0.15, 0.2) is 0 Å². The summed E-state index contributed by atoms with van der Waals surface area (Å²) in [5.41, 5.74) is -7.69. The number of carbonyl (C=O) groups is 7. The Morgan fingerprint density at radius 2 is 1.24 bits per heavy atom. The van der Waals surface area contributed by atoms with Crippen LogP contribution in [0.25, 0.3) is 0 Å². The maximum Gasteiger partial charge on any atom is 0.339 e. The Morgan fingerprint density at radius 1 is 0.840 bits per heavy atom. The van der Waals surface area contributed by atoms with Gasteiger partial charge in [-0.2, -0.15) is 0 Å². The van der Waals surface area contributed by atoms with Gasteiger partial charge in [-0.15, -0.1) is 0 Å². The second kappa shape index (κ2) is 7.30. The zero-order valence-electron chi connectivity index (χ0n) is 13.7. The van der Waals surface area contributed by atoms with Crippen LogP contribution < -0.4 is 0 Å². The predicted octanol–water partition coefficient (Wildman–Crippen LogP) is -1.65. The number of ether oxygens (including phenoxy) is 1. The number of hydrogen-bond donors (Lipinski definition) is 3. The maximum atomic E-state index is 12.2. The van der Waals surface area contributed by atoms with E-state index < -0.39 is 58.2 Å². The minimum atomic E-state index is -4.03. The van der Waals surface area contributed by atoms with Gasteiger partial charge >= 0.3 is 23.9 Å². The van der Waals surface area contributed by atoms with Crippen molar-refractivity contribution < 1.29 is 53.6 Å². The van der Waals surface area contributed by atoms with Crippen molar-refractivity contribution in [3.05, 3.63) is 0 Å². The number of hydrogen-bond acceptors (Lipinski definition) is 9. The molecule has 138 valence electrons. The Kier molecular flexibility index (Phi) is 6.44. The first kappa shape index (κ1) is 22.1. The molecule has 0 aromatic carbocycles. The monoisotopic (exact) mass is 360 g/mol. The topological polar surface area (TPSA) is 189 Å². The van der Waals surface area contributed by atoms with Crippen LogP contribution in [0.1, 0.15) is 27.7 Å². The number of carbonyl (C=O) groups excluding carboxylic acids is 5. The lowest BCUT2D eigenvalue weighted by Gasteiger charge is -2.40. The summed E-state index contributed by atoms with van der Waals surface area (Å²) in [6.07, 6.45) is 0. The smallest absolute Gasteiger partial charge is 0.339 e. The SMILES string of the molecule is CC(=O)OC(=O)C(C(C)=O)(C(C)=O)C(O)(C(=O)O)C(C(C)=O)C(=O)O. The molecule has 3 N–H and O–H groups in total. The third kappa shape index (κ3) is 3.31. The number of rotatable bonds is 8. The Bertz CT molecular complexity index is 646. The maximum absolute atomic E-state index is 12.2. The molecule has 2 unspecified atom stereocenters. The van der Waals surface area contributed by atoms with Crippen molar-refractivity contribution in [1.29, 1.82) is 0 Å². The number of Topliss-reactive ketones (excluding diaryl/α,β-unsaturated/α-hetero) is 3. The van der Waals surface area contributed by atoms with E-state index in [4.69, 9.17) is 5.11 Å². The van der Waals surface area contributed by atoms with Gasteiger partial charge in [0.15, 0.2) is 17.5 Å². The Labute approximate surface area is 140 Å². The highest BCUT2D eigenvalue weighted by atomic mass is 16.6. The molecule has 2 atom stereocenters. The average molecular weight is 360 g/mol. The fourth-order valence-electron chi connectivity index (χ4n) is 2.58. The number of ketones is 3. The zero-order valence-corrected chi connectivity index (χ0v) is 13.7. The molecule has 0 aliphatic carbocycles. The van der Waals surface area contributed by atoms with Crippen molar-refractivity contribution in [1.82, 2.24) is 0 Å². The summed E-state index contributed by atoms with van der Waals surface area (Å²) in [4.78, 5) is 82.0. The minimum Gasteiger partial charge on any atom is -0.481 e. The Hall–Kier alpha value is -2.95. The number of aliphatic hydroxyl groups is 1. The minimum absolute atomic E-state index is 0.510. The normalized spacial score (nSPS) is 14.6. The largest absolute Gasteiger partial charge is 0.481 e. The summed E-state index contributed by atoms with van der Waals surface area (Å²) in [7, 11) is 0. The van der Waals surface area contributed by atoms with Crippen molar-refractivity contribution in [2.45, 2.75) is 33.3 Å². The first-order valence-corrected chi connectivity index (χ1v) is 6.62. The van der Waals surface area contributed by atoms with Crippen molar-refractivity contribution >= 4 is 41.2 Å². The third-order valence-corrected chi connectivity index (χ3v) is 3.57. The summed E-state index contributed by atoms with van der Waals surface area (Å²) in [5, 5.41) is 29.1. The van der Waals surface area contributed by atoms with E-state index in [1.54, 1.807) is 0 Å². The highest BCUT2D eigenvalue weighted by molar-refractivity contribution is 6.27. The standard InChI is InChI=1S/C14H16O11/c1-5(15)9(10(19)20)14(24,11(21)22)13(6(2)16,7(3)17)12(23)25-8(4)18/h9,24H,1-4H3,(H,19,20)(H,21,22). The lowest BCUT2D eigenvalue weighted by molar-refractivity contribution is -0.205. The predicted molar refractivity (Wildman–Crippen MR) is 75.0 cm³/mol. The van der Waals surface area contributed by atoms with E-state index in [9.17, 15) is 43.8 Å². The van der Waals surface area contributed by atoms with E-state index in [-0.39, 0.29) is 0 Å². The van der Waals surface area contributed by atoms with E-state index in [0.717, 1.165) is 0 Å². The van der Waals surface area contributed by atoms with Crippen LogP contribution >= 0.6 is 0 Å². The van der Waals surface area contributed by atoms with E-state index in [1.807, 2.05) is 0 Å². The highest BCUT2D eigenvalue weighted by Crippen LogP contribution is 2.42. The molecular formula is C14H16O11. The quantitative estimate of drug-likeness (QED) is 0.332. The molecule has 0 heterocycles. The molecular weight excluding hydrogens is 344 g/mol. The number of carboxylic acids is 2. The molecule has 0 aliphatic heterocycles. The van der Waals surface area contributed by atoms with Gasteiger partial charge in [-0.1, -0.05) is 0 Å². The van der Waals surface area contributed by atoms with Crippen LogP contribution in [-0.4, -0.2) is 62.1 Å². The van der Waals surface area contributed by atoms with Gasteiger partial charge in [0.05, 0.1) is 0 Å². The van der Waals surface area contributed by atoms with Gasteiger partial charge in [-0.25, -0.2) is 9.59 Å². The van der Waals surface area contributed by atoms with Gasteiger partial charge in [0.1, 0.15) is 5.78 Å². The molecule has 11 nitrogen and oxygen atoms in total. The molecule has 0 fully saturated rings. The van der Waals surface area contributed by atoms with Gasteiger partial charge in [-0.3, -0.25) is 24.0 Å². The lowest BCUT2D eigenvalue weighted by atomic mass is 9.60. The summed E-state index contributed by atoms with van der Waals surface area (Å²) < 4.78 is 4.10. The summed E-state index contributed by atoms with van der Waals surface area (Å²) in [6.45, 7) is 2.28. The number of esters is 2. The molecule has 11 heteroatoms. The van der Waals surface area contributed by atoms with E-state index in [2.05, 4.69) is 4.74 Å². The highest BCUT2D eigenvalue weighted by Gasteiger charge is 2.74. The van der Waals surface area contributed by atoms with Crippen LogP contribution in [0, 0.1) is 11.3 Å². The fourth-order valence-corrected chi connectivity index (χ4v) is 2.58. The molecule has 0 spiro atoms. The molecule has 0 radical (unpaired) electrons. The number of aliphatic carboxylic acids is 2. The summed E-state index contributed by atoms with van der Waals surface area (Å²) >= 11 is 0. The van der Waals surface area contributed by atoms with Crippen molar-refractivity contribution in [3.8, 4) is 0 Å². The third-order valence-electron chi connectivity index (χ3n) is 3.57. The van der Waals surface area contributed by atoms with Gasteiger partial charge in [0, 0.05) is 6.92 Å². The van der Waals surface area contributed by atoms with Gasteiger partial charge in [0.25, 0.3) is 0 Å². The molecule has 0 aromatic rings. The zero-order chi connectivity index (χ0) is 20.3. The van der Waals surface area contributed by atoms with Crippen LogP contribution in [0.5, 0.6) is 0 Å². The second-order valence-electron chi connectivity index (χ2n) is 5.20. The molecule has 0 amide bonds. The first-order valence-electron chi connectivity index (χ1n) is 6.62. The Morgan fingerprint density at radius 3 is 1.44 bits per heavy atom. The molecule has 0 saturated carbocycles. The molecule has 0 bridgehead atoms. The van der Waals surface area contributed by atoms with E-state index in [1.165, 1.54) is 0 Å². The molecule has 0 aromatic heterocycles. The summed E-state index contributed by atoms with van der Waals surface area (Å²) in [5.74, 6) is -15.8. The Balaban J connectivity index is 7.18. The molecule has 0 rings (SSSR count). The van der Waals surface area contributed by atoms with Crippen LogP contribution in [0.4, 0.5) is 0 Å². The van der Waals surface area contributed by atoms with Crippen molar-refractivity contribution in [2.75, 3.05) is 0 Å². The van der Waals surface area contributed by atoms with Crippen molar-refractivity contribution in [3.63, 3.8) is 0 Å².